The monoisotopic (exact) mass is 801 g/mol. The molecule has 1 N–H and O–H groups in total. The highest BCUT2D eigenvalue weighted by Gasteiger charge is 2.61. The first-order valence-corrected chi connectivity index (χ1v) is 18.6. The lowest BCUT2D eigenvalue weighted by atomic mass is 9.80. The minimum Gasteiger partial charge on any atom is -0.495 e. The molecule has 0 spiro atoms. The van der Waals surface area contributed by atoms with Crippen LogP contribution in [-0.2, 0) is 25.2 Å². The Kier molecular flexibility index (Phi) is 12.1. The zero-order valence-electron chi connectivity index (χ0n) is 29.7. The molecule has 0 bridgehead atoms. The molecule has 3 aromatic carbocycles. The van der Waals surface area contributed by atoms with Crippen molar-refractivity contribution in [3.05, 3.63) is 101 Å². The first kappa shape index (κ1) is 40.6. The van der Waals surface area contributed by atoms with Gasteiger partial charge in [-0.1, -0.05) is 29.8 Å². The summed E-state index contributed by atoms with van der Waals surface area (Å²) in [6.07, 6.45) is -1.63. The van der Waals surface area contributed by atoms with Crippen molar-refractivity contribution in [1.29, 1.82) is 5.26 Å². The first-order valence-electron chi connectivity index (χ1n) is 16.7. The maximum absolute atomic E-state index is 15.4. The average Bonchev–Trinajstić information content (AvgIpc) is 3.44. The van der Waals surface area contributed by atoms with Crippen molar-refractivity contribution in [1.82, 2.24) is 9.88 Å². The van der Waals surface area contributed by atoms with Crippen molar-refractivity contribution >= 4 is 44.9 Å². The van der Waals surface area contributed by atoms with E-state index in [-0.39, 0.29) is 39.3 Å². The zero-order chi connectivity index (χ0) is 40.1. The number of hydrogen-bond acceptors (Lipinski definition) is 11. The maximum Gasteiger partial charge on any atom is 0.490 e. The number of carboxylic acid groups (broad SMARTS) is 1. The van der Waals surface area contributed by atoms with Crippen LogP contribution in [0.15, 0.2) is 84.0 Å². The summed E-state index contributed by atoms with van der Waals surface area (Å²) in [7, 11) is -3.25. The fourth-order valence-electron chi connectivity index (χ4n) is 6.56. The molecular formula is C37H35ClF3N5O8S. The normalized spacial score (nSPS) is 17.1. The topological polar surface area (TPSA) is 163 Å². The predicted octanol–water partition coefficient (Wildman–Crippen LogP) is 5.85. The number of para-hydroxylation sites is 1. The molecule has 18 heteroatoms. The Balaban J connectivity index is 0.000000757. The Morgan fingerprint density at radius 1 is 0.945 bits per heavy atom. The van der Waals surface area contributed by atoms with Crippen LogP contribution < -0.4 is 23.4 Å². The highest BCUT2D eigenvalue weighted by Crippen LogP contribution is 2.53. The van der Waals surface area contributed by atoms with Gasteiger partial charge >= 0.3 is 12.1 Å². The number of nitriles is 1. The van der Waals surface area contributed by atoms with Gasteiger partial charge in [-0.25, -0.2) is 17.5 Å². The summed E-state index contributed by atoms with van der Waals surface area (Å²) < 4.78 is 79.5. The van der Waals surface area contributed by atoms with Gasteiger partial charge in [0.1, 0.15) is 22.1 Å². The van der Waals surface area contributed by atoms with Crippen molar-refractivity contribution in [2.45, 2.75) is 30.5 Å². The van der Waals surface area contributed by atoms with Gasteiger partial charge < -0.3 is 24.2 Å². The molecule has 1 unspecified atom stereocenters. The van der Waals surface area contributed by atoms with Gasteiger partial charge in [0.25, 0.3) is 15.9 Å². The number of benzene rings is 3. The molecule has 0 saturated carbocycles. The number of sulfonamides is 1. The number of anilines is 2. The van der Waals surface area contributed by atoms with E-state index < -0.39 is 33.6 Å². The number of pyridine rings is 1. The van der Waals surface area contributed by atoms with E-state index in [1.165, 1.54) is 31.4 Å². The fourth-order valence-corrected chi connectivity index (χ4v) is 8.47. The summed E-state index contributed by atoms with van der Waals surface area (Å²) in [5.41, 5.74) is 0.543. The van der Waals surface area contributed by atoms with E-state index in [9.17, 15) is 26.9 Å². The van der Waals surface area contributed by atoms with Crippen molar-refractivity contribution in [3.8, 4) is 23.3 Å². The summed E-state index contributed by atoms with van der Waals surface area (Å²) in [5.74, 6) is -2.85. The summed E-state index contributed by atoms with van der Waals surface area (Å²) in [6.45, 7) is 5.88. The Hall–Kier alpha value is -5.57. The second-order valence-corrected chi connectivity index (χ2v) is 14.1. The molecule has 2 aliphatic heterocycles. The zero-order valence-corrected chi connectivity index (χ0v) is 31.3. The van der Waals surface area contributed by atoms with Crippen molar-refractivity contribution < 1.29 is 50.5 Å². The molecule has 1 amide bonds. The van der Waals surface area contributed by atoms with Crippen molar-refractivity contribution in [2.75, 3.05) is 55.7 Å². The molecule has 6 rings (SSSR count). The van der Waals surface area contributed by atoms with Gasteiger partial charge in [0.05, 0.1) is 42.7 Å². The van der Waals surface area contributed by atoms with Crippen LogP contribution in [0.4, 0.5) is 24.5 Å². The largest absolute Gasteiger partial charge is 0.495 e. The van der Waals surface area contributed by atoms with Crippen LogP contribution in [0.5, 0.6) is 17.2 Å². The van der Waals surface area contributed by atoms with E-state index >= 15 is 4.79 Å². The highest BCUT2D eigenvalue weighted by atomic mass is 35.5. The minimum atomic E-state index is -5.08. The van der Waals surface area contributed by atoms with E-state index in [0.29, 0.717) is 49.7 Å². The molecule has 1 atom stereocenters. The number of carbonyl (C=O) groups is 2. The van der Waals surface area contributed by atoms with Crippen LogP contribution in [0.1, 0.15) is 30.5 Å². The van der Waals surface area contributed by atoms with Gasteiger partial charge in [0.15, 0.2) is 5.54 Å². The third kappa shape index (κ3) is 7.70. The number of methoxy groups -OCH3 is 1. The van der Waals surface area contributed by atoms with Gasteiger partial charge in [-0.15, -0.1) is 0 Å². The molecule has 0 radical (unpaired) electrons. The highest BCUT2D eigenvalue weighted by molar-refractivity contribution is 7.93. The second-order valence-electron chi connectivity index (χ2n) is 11.9. The summed E-state index contributed by atoms with van der Waals surface area (Å²) in [4.78, 5) is 32.3. The number of carbonyl (C=O) groups excluding carboxylic acids is 1. The molecule has 0 aliphatic carbocycles. The molecule has 290 valence electrons. The number of carboxylic acids is 1. The number of nitrogens with zero attached hydrogens (tertiary/aromatic N) is 5. The second kappa shape index (κ2) is 16.4. The number of fused-ring (bicyclic) bond motifs is 1. The average molecular weight is 802 g/mol. The van der Waals surface area contributed by atoms with Crippen molar-refractivity contribution in [3.63, 3.8) is 0 Å². The standard InChI is InChI=1S/C35H34ClN5O6S.C2HF3O2/c1-4-46-30-9-7-6-8-26(30)35(40-18-16-39(17-19-40)25-12-14-38-15-13-25)27-20-24(23-37)10-11-29(27)41(34(35)42)48(43,44)33-21-28(36)31(45-3)22-32(33)47-5-2;3-2(4,5)1(6)7/h6-15,20-22H,4-5,16-19H2,1-3H3;(H,6,7). The molecule has 1 aromatic heterocycles. The number of amides is 1. The number of piperazine rings is 1. The van der Waals surface area contributed by atoms with Crippen LogP contribution in [0.2, 0.25) is 5.02 Å². The summed E-state index contributed by atoms with van der Waals surface area (Å²) >= 11 is 6.47. The smallest absolute Gasteiger partial charge is 0.490 e. The van der Waals surface area contributed by atoms with Crippen molar-refractivity contribution in [2.24, 2.45) is 0 Å². The van der Waals surface area contributed by atoms with E-state index in [4.69, 9.17) is 35.7 Å². The Morgan fingerprint density at radius 2 is 1.56 bits per heavy atom. The van der Waals surface area contributed by atoms with Crippen LogP contribution in [0, 0.1) is 11.3 Å². The number of rotatable bonds is 10. The van der Waals surface area contributed by atoms with E-state index in [2.05, 4.69) is 16.0 Å². The molecular weight excluding hydrogens is 767 g/mol. The third-order valence-electron chi connectivity index (χ3n) is 8.87. The third-order valence-corrected chi connectivity index (χ3v) is 10.9. The SMILES string of the molecule is CCOc1ccccc1C1(N2CCN(c3ccncc3)CC2)C(=O)N(S(=O)(=O)c2cc(Cl)c(OC)cc2OCC)c2ccc(C#N)cc21.O=C(O)C(F)(F)F. The number of aliphatic carboxylic acids is 1. The minimum absolute atomic E-state index is 0.0140. The molecule has 13 nitrogen and oxygen atoms in total. The summed E-state index contributed by atoms with van der Waals surface area (Å²) in [5, 5.41) is 17.2. The Morgan fingerprint density at radius 3 is 2.15 bits per heavy atom. The van der Waals surface area contributed by atoms with Gasteiger partial charge in [0.2, 0.25) is 0 Å². The van der Waals surface area contributed by atoms with Crippen LogP contribution in [-0.4, -0.2) is 88.0 Å². The van der Waals surface area contributed by atoms with E-state index in [0.717, 1.165) is 9.99 Å². The fraction of sp³-hybridized carbons (Fsp3) is 0.297. The molecule has 3 heterocycles. The van der Waals surface area contributed by atoms with Crippen LogP contribution in [0.3, 0.4) is 0 Å². The molecule has 4 aromatic rings. The first-order chi connectivity index (χ1) is 26.2. The van der Waals surface area contributed by atoms with Gasteiger partial charge in [-0.2, -0.15) is 18.4 Å². The van der Waals surface area contributed by atoms with Gasteiger partial charge in [-0.05, 0) is 56.3 Å². The Bertz CT molecular complexity index is 2210. The number of hydrogen-bond donors (Lipinski definition) is 1. The van der Waals surface area contributed by atoms with Crippen LogP contribution >= 0.6 is 11.6 Å². The lowest BCUT2D eigenvalue weighted by Gasteiger charge is -2.46. The molecule has 55 heavy (non-hydrogen) atoms. The molecule has 1 fully saturated rings. The maximum atomic E-state index is 15.4. The van der Waals surface area contributed by atoms with Gasteiger partial charge in [-0.3, -0.25) is 14.7 Å². The predicted molar refractivity (Wildman–Crippen MR) is 195 cm³/mol. The summed E-state index contributed by atoms with van der Waals surface area (Å²) in [6, 6.07) is 20.4. The lowest BCUT2D eigenvalue weighted by molar-refractivity contribution is -0.192. The quantitative estimate of drug-likeness (QED) is 0.204. The number of alkyl halides is 3. The van der Waals surface area contributed by atoms with Crippen LogP contribution in [0.25, 0.3) is 0 Å². The number of ether oxygens (including phenoxy) is 3. The lowest BCUT2D eigenvalue weighted by Crippen LogP contribution is -2.60. The van der Waals surface area contributed by atoms with E-state index in [1.54, 1.807) is 49.6 Å². The number of halogens is 4. The number of aromatic nitrogens is 1. The molecule has 2 aliphatic rings. The Labute approximate surface area is 320 Å². The molecule has 1 saturated heterocycles. The van der Waals surface area contributed by atoms with E-state index in [1.807, 2.05) is 24.0 Å². The van der Waals surface area contributed by atoms with Gasteiger partial charge in [0, 0.05) is 61.5 Å².